The first-order chi connectivity index (χ1) is 14.8. The van der Waals surface area contributed by atoms with Crippen molar-refractivity contribution in [2.45, 2.75) is 36.7 Å². The van der Waals surface area contributed by atoms with Gasteiger partial charge in [0.2, 0.25) is 15.9 Å². The third kappa shape index (κ3) is 4.57. The third-order valence-electron chi connectivity index (χ3n) is 5.37. The standard InChI is InChI=1S/C22H26N2O6S/c1-3-4-14-23-19(25)15-24(31(28,29)18-8-6-5-7-9-18)21(22(26)27)20(23)16-10-12-17(30-2)13-11-16/h5-13,20-21H,3-4,14-15H2,1-2H3,(H,26,27). The number of nitrogens with zero attached hydrogens (tertiary/aromatic N) is 2. The molecule has 1 amide bonds. The number of carboxylic acid groups (broad SMARTS) is 1. The molecule has 0 saturated carbocycles. The zero-order valence-corrected chi connectivity index (χ0v) is 18.3. The van der Waals surface area contributed by atoms with Gasteiger partial charge in [0, 0.05) is 6.54 Å². The summed E-state index contributed by atoms with van der Waals surface area (Å²) < 4.78 is 32.6. The number of carboxylic acids is 1. The molecule has 166 valence electrons. The predicted molar refractivity (Wildman–Crippen MR) is 114 cm³/mol. The Labute approximate surface area is 182 Å². The van der Waals surface area contributed by atoms with Gasteiger partial charge in [-0.05, 0) is 36.2 Å². The van der Waals surface area contributed by atoms with Gasteiger partial charge in [0.15, 0.2) is 0 Å². The van der Waals surface area contributed by atoms with E-state index < -0.39 is 40.5 Å². The molecule has 2 unspecified atom stereocenters. The van der Waals surface area contributed by atoms with Gasteiger partial charge in [-0.1, -0.05) is 43.7 Å². The normalized spacial score (nSPS) is 19.9. The minimum Gasteiger partial charge on any atom is -0.497 e. The number of ether oxygens (including phenoxy) is 1. The van der Waals surface area contributed by atoms with Crippen molar-refractivity contribution in [3.05, 3.63) is 60.2 Å². The van der Waals surface area contributed by atoms with Gasteiger partial charge >= 0.3 is 5.97 Å². The van der Waals surface area contributed by atoms with Crippen LogP contribution in [0.25, 0.3) is 0 Å². The first kappa shape index (κ1) is 22.8. The van der Waals surface area contributed by atoms with Crippen molar-refractivity contribution in [3.63, 3.8) is 0 Å². The van der Waals surface area contributed by atoms with Crippen LogP contribution in [0.15, 0.2) is 59.5 Å². The van der Waals surface area contributed by atoms with E-state index in [-0.39, 0.29) is 4.90 Å². The molecule has 1 N–H and O–H groups in total. The van der Waals surface area contributed by atoms with E-state index in [4.69, 9.17) is 4.74 Å². The van der Waals surface area contributed by atoms with Crippen LogP contribution in [0.1, 0.15) is 31.4 Å². The van der Waals surface area contributed by atoms with E-state index in [0.29, 0.717) is 24.3 Å². The highest BCUT2D eigenvalue weighted by molar-refractivity contribution is 7.89. The van der Waals surface area contributed by atoms with Crippen molar-refractivity contribution in [1.29, 1.82) is 0 Å². The summed E-state index contributed by atoms with van der Waals surface area (Å²) in [5.74, 6) is -1.16. The SMILES string of the molecule is CCCCN1C(=O)CN(S(=O)(=O)c2ccccc2)C(C(=O)O)C1c1ccc(OC)cc1. The Hall–Kier alpha value is -2.91. The number of rotatable bonds is 8. The third-order valence-corrected chi connectivity index (χ3v) is 7.21. The number of carbonyl (C=O) groups excluding carboxylic acids is 1. The van der Waals surface area contributed by atoms with Crippen molar-refractivity contribution < 1.29 is 27.9 Å². The summed E-state index contributed by atoms with van der Waals surface area (Å²) in [5, 5.41) is 10.1. The Morgan fingerprint density at radius 1 is 1.13 bits per heavy atom. The molecule has 1 fully saturated rings. The van der Waals surface area contributed by atoms with Crippen LogP contribution in [0.2, 0.25) is 0 Å². The molecule has 0 radical (unpaired) electrons. The molecule has 1 aliphatic heterocycles. The Morgan fingerprint density at radius 2 is 1.77 bits per heavy atom. The van der Waals surface area contributed by atoms with Gasteiger partial charge in [0.1, 0.15) is 11.8 Å². The van der Waals surface area contributed by atoms with Crippen LogP contribution in [-0.2, 0) is 19.6 Å². The van der Waals surface area contributed by atoms with E-state index in [1.807, 2.05) is 6.92 Å². The summed E-state index contributed by atoms with van der Waals surface area (Å²) in [7, 11) is -2.69. The van der Waals surface area contributed by atoms with Gasteiger partial charge in [-0.25, -0.2) is 8.42 Å². The second-order valence-corrected chi connectivity index (χ2v) is 9.20. The van der Waals surface area contributed by atoms with Crippen LogP contribution in [0, 0.1) is 0 Å². The molecule has 3 rings (SSSR count). The molecule has 2 aromatic rings. The molecule has 0 aromatic heterocycles. The second kappa shape index (κ2) is 9.49. The van der Waals surface area contributed by atoms with Gasteiger partial charge in [-0.2, -0.15) is 4.31 Å². The highest BCUT2D eigenvalue weighted by Crippen LogP contribution is 2.36. The van der Waals surface area contributed by atoms with Crippen LogP contribution in [0.5, 0.6) is 5.75 Å². The number of hydrogen-bond donors (Lipinski definition) is 1. The lowest BCUT2D eigenvalue weighted by Crippen LogP contribution is -2.61. The average Bonchev–Trinajstić information content (AvgIpc) is 2.78. The van der Waals surface area contributed by atoms with E-state index in [0.717, 1.165) is 10.7 Å². The molecule has 1 saturated heterocycles. The number of methoxy groups -OCH3 is 1. The van der Waals surface area contributed by atoms with Crippen molar-refractivity contribution in [3.8, 4) is 5.75 Å². The maximum atomic E-state index is 13.3. The largest absolute Gasteiger partial charge is 0.497 e. The number of aliphatic carboxylic acids is 1. The number of sulfonamides is 1. The van der Waals surface area contributed by atoms with Gasteiger partial charge in [-0.3, -0.25) is 9.59 Å². The monoisotopic (exact) mass is 446 g/mol. The van der Waals surface area contributed by atoms with E-state index >= 15 is 0 Å². The first-order valence-corrected chi connectivity index (χ1v) is 11.5. The number of piperazine rings is 1. The van der Waals surface area contributed by atoms with Crippen LogP contribution < -0.4 is 4.74 Å². The molecule has 2 aromatic carbocycles. The molecule has 1 heterocycles. The van der Waals surface area contributed by atoms with Crippen LogP contribution in [0.4, 0.5) is 0 Å². The molecule has 0 aliphatic carbocycles. The molecule has 0 spiro atoms. The highest BCUT2D eigenvalue weighted by Gasteiger charge is 2.50. The lowest BCUT2D eigenvalue weighted by molar-refractivity contribution is -0.153. The van der Waals surface area contributed by atoms with Crippen LogP contribution >= 0.6 is 0 Å². The summed E-state index contributed by atoms with van der Waals surface area (Å²) in [4.78, 5) is 26.9. The molecular weight excluding hydrogens is 420 g/mol. The maximum Gasteiger partial charge on any atom is 0.324 e. The number of amides is 1. The number of hydrogen-bond acceptors (Lipinski definition) is 5. The summed E-state index contributed by atoms with van der Waals surface area (Å²) >= 11 is 0. The van der Waals surface area contributed by atoms with Crippen LogP contribution in [0.3, 0.4) is 0 Å². The zero-order valence-electron chi connectivity index (χ0n) is 17.5. The van der Waals surface area contributed by atoms with Gasteiger partial charge in [0.05, 0.1) is 24.6 Å². The van der Waals surface area contributed by atoms with E-state index in [1.165, 1.54) is 24.1 Å². The minimum atomic E-state index is -4.21. The Balaban J connectivity index is 2.12. The average molecular weight is 447 g/mol. The highest BCUT2D eigenvalue weighted by atomic mass is 32.2. The van der Waals surface area contributed by atoms with Gasteiger partial charge in [0.25, 0.3) is 0 Å². The Morgan fingerprint density at radius 3 is 2.32 bits per heavy atom. The van der Waals surface area contributed by atoms with Crippen molar-refractivity contribution >= 4 is 21.9 Å². The van der Waals surface area contributed by atoms with Crippen molar-refractivity contribution in [2.24, 2.45) is 0 Å². The van der Waals surface area contributed by atoms with Gasteiger partial charge < -0.3 is 14.7 Å². The summed E-state index contributed by atoms with van der Waals surface area (Å²) in [6, 6.07) is 11.8. The quantitative estimate of drug-likeness (QED) is 0.668. The molecule has 9 heteroatoms. The lowest BCUT2D eigenvalue weighted by Gasteiger charge is -2.44. The Kier molecular flexibility index (Phi) is 6.97. The molecule has 31 heavy (non-hydrogen) atoms. The van der Waals surface area contributed by atoms with E-state index in [1.54, 1.807) is 42.5 Å². The van der Waals surface area contributed by atoms with Gasteiger partial charge in [-0.15, -0.1) is 0 Å². The maximum absolute atomic E-state index is 13.3. The number of unbranched alkanes of at least 4 members (excludes halogenated alkanes) is 1. The number of carbonyl (C=O) groups is 2. The van der Waals surface area contributed by atoms with Crippen molar-refractivity contribution in [2.75, 3.05) is 20.2 Å². The summed E-state index contributed by atoms with van der Waals surface area (Å²) in [6.45, 7) is 1.79. The van der Waals surface area contributed by atoms with Crippen molar-refractivity contribution in [1.82, 2.24) is 9.21 Å². The topological polar surface area (TPSA) is 104 Å². The predicted octanol–water partition coefficient (Wildman–Crippen LogP) is 2.52. The summed E-state index contributed by atoms with van der Waals surface area (Å²) in [5.41, 5.74) is 0.533. The molecule has 8 nitrogen and oxygen atoms in total. The van der Waals surface area contributed by atoms with E-state index in [2.05, 4.69) is 0 Å². The fraction of sp³-hybridized carbons (Fsp3) is 0.364. The fourth-order valence-corrected chi connectivity index (χ4v) is 5.34. The Bertz CT molecular complexity index is 1020. The first-order valence-electron chi connectivity index (χ1n) is 10.0. The smallest absolute Gasteiger partial charge is 0.324 e. The molecule has 2 atom stereocenters. The molecular formula is C22H26N2O6S. The second-order valence-electron chi connectivity index (χ2n) is 7.31. The fourth-order valence-electron chi connectivity index (χ4n) is 3.78. The zero-order chi connectivity index (χ0) is 22.6. The number of benzene rings is 2. The molecule has 0 bridgehead atoms. The molecule has 1 aliphatic rings. The van der Waals surface area contributed by atoms with Crippen LogP contribution in [-0.4, -0.2) is 60.8 Å². The summed E-state index contributed by atoms with van der Waals surface area (Å²) in [6.07, 6.45) is 1.49. The lowest BCUT2D eigenvalue weighted by atomic mass is 9.94. The minimum absolute atomic E-state index is 0.0514. The van der Waals surface area contributed by atoms with E-state index in [9.17, 15) is 23.1 Å².